The van der Waals surface area contributed by atoms with E-state index in [0.29, 0.717) is 6.42 Å². The molecular formula is C10H11F3OS. The Labute approximate surface area is 90.1 Å². The van der Waals surface area contributed by atoms with E-state index in [1.54, 1.807) is 5.41 Å². The molecule has 1 nitrogen and oxygen atoms in total. The van der Waals surface area contributed by atoms with Gasteiger partial charge in [-0.3, -0.25) is 4.79 Å². The Balaban J connectivity index is 2.29. The van der Waals surface area contributed by atoms with Crippen molar-refractivity contribution >= 4 is 16.9 Å². The third kappa shape index (κ3) is 1.82. The van der Waals surface area contributed by atoms with Crippen LogP contribution in [-0.2, 0) is 4.79 Å². The van der Waals surface area contributed by atoms with E-state index in [2.05, 4.69) is 0 Å². The summed E-state index contributed by atoms with van der Waals surface area (Å²) in [7, 11) is 0. The molecule has 1 saturated carbocycles. The Hall–Kier alpha value is -0.450. The number of halogens is 3. The third-order valence-corrected chi connectivity index (χ3v) is 4.29. The summed E-state index contributed by atoms with van der Waals surface area (Å²) in [6.07, 6.45) is -3.65. The molecule has 0 aromatic rings. The molecule has 0 unspecified atom stereocenters. The number of rotatable bonds is 0. The fourth-order valence-corrected chi connectivity index (χ4v) is 3.48. The molecule has 0 bridgehead atoms. The van der Waals surface area contributed by atoms with Crippen molar-refractivity contribution in [3.8, 4) is 0 Å². The van der Waals surface area contributed by atoms with E-state index in [4.69, 9.17) is 0 Å². The highest BCUT2D eigenvalue weighted by molar-refractivity contribution is 8.16. The summed E-state index contributed by atoms with van der Waals surface area (Å²) >= 11 is 0.922. The molecule has 84 valence electrons. The average molecular weight is 236 g/mol. The van der Waals surface area contributed by atoms with Crippen LogP contribution in [0.1, 0.15) is 19.8 Å². The molecule has 2 aliphatic rings. The van der Waals surface area contributed by atoms with Gasteiger partial charge in [-0.25, -0.2) is 0 Å². The van der Waals surface area contributed by atoms with E-state index in [1.807, 2.05) is 6.92 Å². The zero-order valence-electron chi connectivity index (χ0n) is 8.17. The van der Waals surface area contributed by atoms with Crippen LogP contribution in [0.3, 0.4) is 0 Å². The SMILES string of the molecule is CC1=CSC(=O)[C@H]2[C@@H]1CC[C@@H]2C(F)(F)F. The van der Waals surface area contributed by atoms with Crippen molar-refractivity contribution < 1.29 is 18.0 Å². The Morgan fingerprint density at radius 1 is 1.40 bits per heavy atom. The van der Waals surface area contributed by atoms with Crippen molar-refractivity contribution in [3.05, 3.63) is 11.0 Å². The van der Waals surface area contributed by atoms with Crippen LogP contribution >= 0.6 is 11.8 Å². The zero-order chi connectivity index (χ0) is 11.2. The maximum absolute atomic E-state index is 12.7. The maximum atomic E-state index is 12.7. The van der Waals surface area contributed by atoms with Crippen LogP contribution in [0.5, 0.6) is 0 Å². The third-order valence-electron chi connectivity index (χ3n) is 3.29. The highest BCUT2D eigenvalue weighted by Gasteiger charge is 2.54. The largest absolute Gasteiger partial charge is 0.392 e. The van der Waals surface area contributed by atoms with Crippen LogP contribution in [0.2, 0.25) is 0 Å². The van der Waals surface area contributed by atoms with Gasteiger partial charge in [0.15, 0.2) is 5.12 Å². The van der Waals surface area contributed by atoms with Gasteiger partial charge in [-0.15, -0.1) is 0 Å². The molecule has 0 aromatic heterocycles. The van der Waals surface area contributed by atoms with Gasteiger partial charge < -0.3 is 0 Å². The summed E-state index contributed by atoms with van der Waals surface area (Å²) in [5, 5.41) is 1.38. The van der Waals surface area contributed by atoms with E-state index in [1.165, 1.54) is 0 Å². The molecule has 1 heterocycles. The first-order valence-corrected chi connectivity index (χ1v) is 5.73. The molecule has 3 atom stereocenters. The highest BCUT2D eigenvalue weighted by Crippen LogP contribution is 2.52. The Kier molecular flexibility index (Phi) is 2.61. The van der Waals surface area contributed by atoms with E-state index in [9.17, 15) is 18.0 Å². The minimum absolute atomic E-state index is 0.0936. The van der Waals surface area contributed by atoms with E-state index in [-0.39, 0.29) is 17.5 Å². The standard InChI is InChI=1S/C10H11F3OS/c1-5-4-15-9(14)8-6(5)2-3-7(8)10(11,12)13/h4,6-8H,2-3H2,1H3/t6-,7+,8+/m1/s1. The zero-order valence-corrected chi connectivity index (χ0v) is 8.99. The fourth-order valence-electron chi connectivity index (χ4n) is 2.52. The van der Waals surface area contributed by atoms with Crippen molar-refractivity contribution in [3.63, 3.8) is 0 Å². The highest BCUT2D eigenvalue weighted by atomic mass is 32.2. The van der Waals surface area contributed by atoms with E-state index >= 15 is 0 Å². The van der Waals surface area contributed by atoms with Crippen LogP contribution in [0.25, 0.3) is 0 Å². The Morgan fingerprint density at radius 2 is 2.07 bits per heavy atom. The van der Waals surface area contributed by atoms with Crippen molar-refractivity contribution in [2.45, 2.75) is 25.9 Å². The van der Waals surface area contributed by atoms with Gasteiger partial charge >= 0.3 is 6.18 Å². The lowest BCUT2D eigenvalue weighted by Crippen LogP contribution is -2.34. The molecule has 0 N–H and O–H groups in total. The number of thioether (sulfide) groups is 1. The van der Waals surface area contributed by atoms with Crippen LogP contribution in [-0.4, -0.2) is 11.3 Å². The van der Waals surface area contributed by atoms with Crippen LogP contribution < -0.4 is 0 Å². The minimum atomic E-state index is -4.23. The monoisotopic (exact) mass is 236 g/mol. The molecule has 5 heteroatoms. The van der Waals surface area contributed by atoms with Crippen LogP contribution in [0.15, 0.2) is 11.0 Å². The quantitative estimate of drug-likeness (QED) is 0.641. The molecular weight excluding hydrogens is 225 g/mol. The number of fused-ring (bicyclic) bond motifs is 1. The summed E-state index contributed by atoms with van der Waals surface area (Å²) in [5.41, 5.74) is 0.927. The molecule has 0 saturated heterocycles. The number of carbonyl (C=O) groups excluding carboxylic acids is 1. The molecule has 0 spiro atoms. The number of allylic oxidation sites excluding steroid dienone is 1. The predicted molar refractivity (Wildman–Crippen MR) is 52.1 cm³/mol. The molecule has 0 aromatic carbocycles. The summed E-state index contributed by atoms with van der Waals surface area (Å²) in [5.74, 6) is -2.43. The Bertz CT molecular complexity index is 321. The summed E-state index contributed by atoms with van der Waals surface area (Å²) in [6.45, 7) is 1.82. The lowest BCUT2D eigenvalue weighted by Gasteiger charge is -2.28. The molecule has 0 amide bonds. The summed E-state index contributed by atoms with van der Waals surface area (Å²) in [6, 6.07) is 0. The van der Waals surface area contributed by atoms with E-state index in [0.717, 1.165) is 17.3 Å². The number of hydrogen-bond acceptors (Lipinski definition) is 2. The number of alkyl halides is 3. The lowest BCUT2D eigenvalue weighted by molar-refractivity contribution is -0.185. The van der Waals surface area contributed by atoms with Gasteiger partial charge in [-0.2, -0.15) is 13.2 Å². The van der Waals surface area contributed by atoms with Crippen molar-refractivity contribution in [1.29, 1.82) is 0 Å². The molecule has 1 aliphatic carbocycles. The smallest absolute Gasteiger partial charge is 0.287 e. The topological polar surface area (TPSA) is 17.1 Å². The van der Waals surface area contributed by atoms with Crippen molar-refractivity contribution in [1.82, 2.24) is 0 Å². The van der Waals surface area contributed by atoms with Gasteiger partial charge in [-0.1, -0.05) is 17.3 Å². The predicted octanol–water partition coefficient (Wildman–Crippen LogP) is 3.37. The minimum Gasteiger partial charge on any atom is -0.287 e. The van der Waals surface area contributed by atoms with Gasteiger partial charge in [0.2, 0.25) is 0 Å². The average Bonchev–Trinajstić information content (AvgIpc) is 2.55. The van der Waals surface area contributed by atoms with Crippen LogP contribution in [0, 0.1) is 17.8 Å². The number of hydrogen-bond donors (Lipinski definition) is 0. The van der Waals surface area contributed by atoms with Gasteiger partial charge in [-0.05, 0) is 31.1 Å². The second-order valence-electron chi connectivity index (χ2n) is 4.16. The van der Waals surface area contributed by atoms with Gasteiger partial charge in [0.05, 0.1) is 5.92 Å². The van der Waals surface area contributed by atoms with Gasteiger partial charge in [0.25, 0.3) is 0 Å². The number of carbonyl (C=O) groups is 1. The first-order chi connectivity index (χ1) is 6.91. The first-order valence-electron chi connectivity index (χ1n) is 4.85. The van der Waals surface area contributed by atoms with E-state index < -0.39 is 18.0 Å². The van der Waals surface area contributed by atoms with Crippen molar-refractivity contribution in [2.75, 3.05) is 0 Å². The summed E-state index contributed by atoms with van der Waals surface area (Å²) < 4.78 is 38.0. The molecule has 2 rings (SSSR count). The fraction of sp³-hybridized carbons (Fsp3) is 0.700. The normalized spacial score (nSPS) is 36.4. The first kappa shape index (κ1) is 11.0. The second kappa shape index (κ2) is 3.54. The van der Waals surface area contributed by atoms with Crippen molar-refractivity contribution in [2.24, 2.45) is 17.8 Å². The molecule has 0 radical (unpaired) electrons. The molecule has 1 fully saturated rings. The second-order valence-corrected chi connectivity index (χ2v) is 5.03. The maximum Gasteiger partial charge on any atom is 0.392 e. The van der Waals surface area contributed by atoms with Crippen LogP contribution in [0.4, 0.5) is 13.2 Å². The lowest BCUT2D eigenvalue weighted by atomic mass is 9.86. The molecule has 1 aliphatic heterocycles. The van der Waals surface area contributed by atoms with Gasteiger partial charge in [0, 0.05) is 5.92 Å². The Morgan fingerprint density at radius 3 is 2.67 bits per heavy atom. The van der Waals surface area contributed by atoms with Gasteiger partial charge in [0.1, 0.15) is 0 Å². The summed E-state index contributed by atoms with van der Waals surface area (Å²) in [4.78, 5) is 11.5. The molecule has 15 heavy (non-hydrogen) atoms.